The van der Waals surface area contributed by atoms with E-state index in [9.17, 15) is 10.0 Å². The molecule has 0 aliphatic heterocycles. The Morgan fingerprint density at radius 2 is 0.384 bits per heavy atom. The summed E-state index contributed by atoms with van der Waals surface area (Å²) in [5, 5.41) is 49.9. The maximum Gasteiger partial charge on any atom is 0.489 e. The van der Waals surface area contributed by atoms with E-state index in [0.29, 0.717) is 5.46 Å². The van der Waals surface area contributed by atoms with Gasteiger partial charge in [0.05, 0.1) is 0 Å². The Balaban J connectivity index is 0.000000120. The lowest BCUT2D eigenvalue weighted by Crippen LogP contribution is -2.31. The van der Waals surface area contributed by atoms with Crippen LogP contribution in [0.15, 0.2) is 417 Å². The fraction of sp³-hybridized carbons (Fsp3) is 0. The Bertz CT molecular complexity index is 7310. The van der Waals surface area contributed by atoms with E-state index in [1.807, 2.05) is 36.4 Å². The molecule has 0 aliphatic rings. The van der Waals surface area contributed by atoms with E-state index in [1.165, 1.54) is 169 Å². The SMILES string of the molecule is Brc1ccc(-c2ccc3c4ccccc4c4ccccc4c3c2)cc1.OB(O)c1c2ccccc2c(-c2cccc(-c3ccc4ccccc4c3)c2)c2ccccc12.c1cc(-c2ccc3ccccc3c2)cc(-c2c3ccccc3c(-c3ccc(-c4ccc5c6ccccc6c6ccccc6c5c4)cc3)c3ccccc23)c1. The van der Waals surface area contributed by atoms with Gasteiger partial charge in [0.25, 0.3) is 0 Å². The van der Waals surface area contributed by atoms with Crippen molar-refractivity contribution in [3.63, 3.8) is 0 Å². The van der Waals surface area contributed by atoms with Crippen molar-refractivity contribution in [2.24, 2.45) is 0 Å². The van der Waals surface area contributed by atoms with Gasteiger partial charge in [-0.1, -0.05) is 380 Å². The molecule has 0 aliphatic carbocycles. The maximum atomic E-state index is 10.2. The summed E-state index contributed by atoms with van der Waals surface area (Å²) in [5.74, 6) is 0. The van der Waals surface area contributed by atoms with E-state index in [0.717, 1.165) is 42.7 Å². The smallest absolute Gasteiger partial charge is 0.423 e. The summed E-state index contributed by atoms with van der Waals surface area (Å²) >= 11 is 3.52. The van der Waals surface area contributed by atoms with Crippen LogP contribution in [0.5, 0.6) is 0 Å². The van der Waals surface area contributed by atoms with Crippen LogP contribution in [0.1, 0.15) is 0 Å². The molecule has 22 aromatic rings. The van der Waals surface area contributed by atoms with Crippen molar-refractivity contribution < 1.29 is 10.0 Å². The molecule has 0 spiro atoms. The lowest BCUT2D eigenvalue weighted by Gasteiger charge is -2.18. The third-order valence-electron chi connectivity index (χ3n) is 22.8. The van der Waals surface area contributed by atoms with Crippen LogP contribution in [0.3, 0.4) is 0 Å². The Kier molecular flexibility index (Phi) is 17.4. The van der Waals surface area contributed by atoms with Gasteiger partial charge in [0.15, 0.2) is 0 Å². The van der Waals surface area contributed by atoms with E-state index in [-0.39, 0.29) is 0 Å². The molecule has 0 heterocycles. The summed E-state index contributed by atoms with van der Waals surface area (Å²) in [4.78, 5) is 0. The van der Waals surface area contributed by atoms with Crippen LogP contribution in [0.4, 0.5) is 0 Å². The van der Waals surface area contributed by atoms with Crippen LogP contribution in [0, 0.1) is 0 Å². The van der Waals surface area contributed by atoms with Gasteiger partial charge in [-0.2, -0.15) is 0 Å². The van der Waals surface area contributed by atoms with Gasteiger partial charge in [0.2, 0.25) is 0 Å². The lowest BCUT2D eigenvalue weighted by atomic mass is 9.72. The van der Waals surface area contributed by atoms with Crippen molar-refractivity contribution in [1.29, 1.82) is 0 Å². The average molecular weight is 1490 g/mol. The van der Waals surface area contributed by atoms with Crippen molar-refractivity contribution in [1.82, 2.24) is 0 Å². The van der Waals surface area contributed by atoms with Crippen LogP contribution in [-0.2, 0) is 0 Å². The van der Waals surface area contributed by atoms with Crippen molar-refractivity contribution in [3.05, 3.63) is 417 Å². The van der Waals surface area contributed by atoms with Gasteiger partial charge in [-0.3, -0.25) is 0 Å². The van der Waals surface area contributed by atoms with E-state index in [1.54, 1.807) is 0 Å². The van der Waals surface area contributed by atoms with E-state index in [4.69, 9.17) is 0 Å². The predicted octanol–water partition coefficient (Wildman–Crippen LogP) is 29.0. The fourth-order valence-corrected chi connectivity index (χ4v) is 17.9. The quantitative estimate of drug-likeness (QED) is 0.0904. The maximum absolute atomic E-state index is 10.2. The molecule has 0 atom stereocenters. The molecule has 4 heteroatoms. The first-order valence-corrected chi connectivity index (χ1v) is 39.0. The number of halogens is 1. The van der Waals surface area contributed by atoms with Gasteiger partial charge >= 0.3 is 7.12 Å². The molecule has 0 saturated heterocycles. The van der Waals surface area contributed by atoms with Gasteiger partial charge in [-0.05, 0) is 261 Å². The zero-order valence-electron chi connectivity index (χ0n) is 61.1. The second-order valence-electron chi connectivity index (χ2n) is 29.2. The highest BCUT2D eigenvalue weighted by molar-refractivity contribution is 9.10. The monoisotopic (exact) mass is 1490 g/mol. The highest BCUT2D eigenvalue weighted by atomic mass is 79.9. The van der Waals surface area contributed by atoms with Crippen molar-refractivity contribution in [3.8, 4) is 77.9 Å². The predicted molar refractivity (Wildman–Crippen MR) is 485 cm³/mol. The zero-order chi connectivity index (χ0) is 74.8. The summed E-state index contributed by atoms with van der Waals surface area (Å²) in [6, 6.07) is 148. The van der Waals surface area contributed by atoms with E-state index < -0.39 is 7.12 Å². The summed E-state index contributed by atoms with van der Waals surface area (Å²) in [6.07, 6.45) is 0. The third-order valence-corrected chi connectivity index (χ3v) is 23.3. The molecule has 0 saturated carbocycles. The van der Waals surface area contributed by atoms with Gasteiger partial charge in [-0.15, -0.1) is 0 Å². The molecule has 2 nitrogen and oxygen atoms in total. The number of rotatable bonds is 8. The van der Waals surface area contributed by atoms with Gasteiger partial charge in [-0.25, -0.2) is 0 Å². The molecule has 0 unspecified atom stereocenters. The van der Waals surface area contributed by atoms with Gasteiger partial charge in [0, 0.05) is 4.47 Å². The van der Waals surface area contributed by atoms with Crippen LogP contribution in [0.25, 0.3) is 207 Å². The first-order chi connectivity index (χ1) is 55.3. The highest BCUT2D eigenvalue weighted by Gasteiger charge is 2.24. The van der Waals surface area contributed by atoms with Gasteiger partial charge < -0.3 is 10.0 Å². The molecule has 0 bridgehead atoms. The molecule has 22 rings (SSSR count). The molecular weight excluding hydrogens is 1420 g/mol. The molecule has 0 aromatic heterocycles. The van der Waals surface area contributed by atoms with Crippen LogP contribution < -0.4 is 5.46 Å². The minimum atomic E-state index is -1.54. The molecule has 22 aromatic carbocycles. The van der Waals surface area contributed by atoms with E-state index >= 15 is 0 Å². The number of hydrogen-bond donors (Lipinski definition) is 2. The molecule has 2 N–H and O–H groups in total. The second kappa shape index (κ2) is 28.8. The Labute approximate surface area is 657 Å². The third kappa shape index (κ3) is 12.2. The fourth-order valence-electron chi connectivity index (χ4n) is 17.6. The summed E-state index contributed by atoms with van der Waals surface area (Å²) < 4.78 is 1.11. The van der Waals surface area contributed by atoms with Crippen molar-refractivity contribution >= 4 is 158 Å². The summed E-state index contributed by atoms with van der Waals surface area (Å²) in [7, 11) is -1.54. The minimum Gasteiger partial charge on any atom is -0.423 e. The number of hydrogen-bond acceptors (Lipinski definition) is 2. The normalized spacial score (nSPS) is 11.5. The first kappa shape index (κ1) is 67.8. The summed E-state index contributed by atoms with van der Waals surface area (Å²) in [5.41, 5.74) is 17.5. The standard InChI is InChI=1S/C54H34.C30H21BO2.C24H15Br/c1-2-13-38-32-40(29-26-35(38)12-1)39-14-11-15-42(33-39)54-50-22-9-7-20-48(50)53(49-21-8-10-23-51(49)54)37-27-24-36(25-28-37)41-30-31-47-45-18-4-3-16-43(45)44-17-5-6-19-46(44)52(47)34-41;32-31(33)30-27-14-5-3-12-25(27)29(26-13-4-6-15-28(26)30)24-11-7-10-22(19-24)23-17-16-20-8-1-2-9-21(20)18-23;25-18-12-9-16(10-13-18)17-11-14-23-21-7-2-1-5-19(21)20-6-3-4-8-22(20)24(23)15-17/h1-34H;1-19,32-33H;1-15H. The lowest BCUT2D eigenvalue weighted by molar-refractivity contribution is 0.426. The van der Waals surface area contributed by atoms with E-state index in [2.05, 4.69) is 392 Å². The zero-order valence-corrected chi connectivity index (χ0v) is 62.7. The highest BCUT2D eigenvalue weighted by Crippen LogP contribution is 2.47. The summed E-state index contributed by atoms with van der Waals surface area (Å²) in [6.45, 7) is 0. The Hall–Kier alpha value is -13.6. The van der Waals surface area contributed by atoms with Crippen LogP contribution in [-0.4, -0.2) is 17.2 Å². The first-order valence-electron chi connectivity index (χ1n) is 38.3. The van der Waals surface area contributed by atoms with Crippen molar-refractivity contribution in [2.75, 3.05) is 0 Å². The molecule has 0 radical (unpaired) electrons. The molecule has 0 fully saturated rings. The Morgan fingerprint density at radius 3 is 0.741 bits per heavy atom. The van der Waals surface area contributed by atoms with Crippen LogP contribution >= 0.6 is 15.9 Å². The number of fused-ring (bicyclic) bond motifs is 18. The van der Waals surface area contributed by atoms with Crippen LogP contribution in [0.2, 0.25) is 0 Å². The van der Waals surface area contributed by atoms with Gasteiger partial charge in [0.1, 0.15) is 0 Å². The molecule has 112 heavy (non-hydrogen) atoms. The second-order valence-corrected chi connectivity index (χ2v) is 30.1. The topological polar surface area (TPSA) is 40.5 Å². The molecule has 0 amide bonds. The molecule has 524 valence electrons. The Morgan fingerprint density at radius 1 is 0.152 bits per heavy atom. The number of benzene rings is 22. The van der Waals surface area contributed by atoms with Crippen molar-refractivity contribution in [2.45, 2.75) is 0 Å². The minimum absolute atomic E-state index is 0.552. The molecular formula is C108H70BBrO2. The average Bonchev–Trinajstić information content (AvgIpc) is 0.705. The largest absolute Gasteiger partial charge is 0.489 e.